The zero-order chi connectivity index (χ0) is 13.9. The van der Waals surface area contributed by atoms with Crippen LogP contribution in [0.25, 0.3) is 0 Å². The molecule has 0 amide bonds. The Bertz CT molecular complexity index is 471. The topological polar surface area (TPSA) is 47.4 Å². The summed E-state index contributed by atoms with van der Waals surface area (Å²) in [6.45, 7) is 3.76. The van der Waals surface area contributed by atoms with Crippen molar-refractivity contribution < 1.29 is 9.53 Å². The Morgan fingerprint density at radius 2 is 2.40 bits per heavy atom. The number of cyclic esters (lactones) is 1. The molecule has 1 saturated heterocycles. The Balaban J connectivity index is 1.43. The Labute approximate surface area is 119 Å². The Morgan fingerprint density at radius 1 is 1.50 bits per heavy atom. The van der Waals surface area contributed by atoms with E-state index >= 15 is 0 Å². The molecule has 0 N–H and O–H groups in total. The third-order valence-corrected chi connectivity index (χ3v) is 4.51. The molecule has 1 aromatic heterocycles. The summed E-state index contributed by atoms with van der Waals surface area (Å²) in [4.78, 5) is 18.2. The number of imidazole rings is 1. The van der Waals surface area contributed by atoms with Gasteiger partial charge < -0.3 is 14.2 Å². The molecule has 5 heteroatoms. The molecule has 0 spiro atoms. The summed E-state index contributed by atoms with van der Waals surface area (Å²) in [6.07, 6.45) is 8.10. The van der Waals surface area contributed by atoms with Crippen LogP contribution in [0.4, 0.5) is 0 Å². The van der Waals surface area contributed by atoms with Crippen molar-refractivity contribution in [2.45, 2.75) is 32.2 Å². The van der Waals surface area contributed by atoms with E-state index in [0.29, 0.717) is 12.5 Å². The van der Waals surface area contributed by atoms with Crippen molar-refractivity contribution in [3.8, 4) is 0 Å². The van der Waals surface area contributed by atoms with Crippen LogP contribution in [0.3, 0.4) is 0 Å². The molecular formula is C15H23N3O2. The average molecular weight is 277 g/mol. The maximum absolute atomic E-state index is 11.4. The molecule has 0 radical (unpaired) electrons. The van der Waals surface area contributed by atoms with Crippen molar-refractivity contribution in [2.75, 3.05) is 26.7 Å². The van der Waals surface area contributed by atoms with Crippen LogP contribution in [-0.4, -0.2) is 47.2 Å². The van der Waals surface area contributed by atoms with E-state index in [1.807, 2.05) is 6.20 Å². The van der Waals surface area contributed by atoms with Crippen LogP contribution in [0.2, 0.25) is 0 Å². The van der Waals surface area contributed by atoms with Crippen LogP contribution < -0.4 is 0 Å². The molecule has 20 heavy (non-hydrogen) atoms. The number of aryl methyl sites for hydroxylation is 1. The molecule has 1 fully saturated rings. The second-order valence-corrected chi connectivity index (χ2v) is 6.10. The Hall–Kier alpha value is -1.36. The maximum atomic E-state index is 11.4. The van der Waals surface area contributed by atoms with E-state index in [9.17, 15) is 4.79 Å². The number of hydrogen-bond acceptors (Lipinski definition) is 4. The normalized spacial score (nSPS) is 25.8. The van der Waals surface area contributed by atoms with Crippen molar-refractivity contribution in [1.82, 2.24) is 14.5 Å². The number of fused-ring (bicyclic) bond motifs is 1. The van der Waals surface area contributed by atoms with Gasteiger partial charge in [0, 0.05) is 31.9 Å². The van der Waals surface area contributed by atoms with E-state index < -0.39 is 0 Å². The molecule has 2 aliphatic rings. The van der Waals surface area contributed by atoms with Crippen molar-refractivity contribution in [3.63, 3.8) is 0 Å². The quantitative estimate of drug-likeness (QED) is 0.762. The number of rotatable bonds is 5. The van der Waals surface area contributed by atoms with Gasteiger partial charge in [0.1, 0.15) is 5.82 Å². The van der Waals surface area contributed by atoms with Crippen LogP contribution >= 0.6 is 0 Å². The second-order valence-electron chi connectivity index (χ2n) is 6.10. The Kier molecular flexibility index (Phi) is 4.05. The smallest absolute Gasteiger partial charge is 0.309 e. The van der Waals surface area contributed by atoms with Crippen molar-refractivity contribution >= 4 is 5.97 Å². The first-order valence-corrected chi connectivity index (χ1v) is 7.57. The summed E-state index contributed by atoms with van der Waals surface area (Å²) in [6, 6.07) is 0. The zero-order valence-electron chi connectivity index (χ0n) is 12.1. The number of ether oxygens (including phenoxy) is 1. The highest BCUT2D eigenvalue weighted by Crippen LogP contribution is 2.21. The summed E-state index contributed by atoms with van der Waals surface area (Å²) in [5, 5.41) is 0. The minimum atomic E-state index is -0.000811. The highest BCUT2D eigenvalue weighted by molar-refractivity contribution is 5.74. The van der Waals surface area contributed by atoms with Gasteiger partial charge in [-0.1, -0.05) is 0 Å². The highest BCUT2D eigenvalue weighted by Gasteiger charge is 2.27. The lowest BCUT2D eigenvalue weighted by Crippen LogP contribution is -2.33. The van der Waals surface area contributed by atoms with Gasteiger partial charge in [0.15, 0.2) is 0 Å². The van der Waals surface area contributed by atoms with Gasteiger partial charge in [-0.25, -0.2) is 4.98 Å². The first kappa shape index (κ1) is 13.6. The van der Waals surface area contributed by atoms with Crippen LogP contribution in [-0.2, 0) is 22.5 Å². The molecule has 0 saturated carbocycles. The number of nitrogens with zero attached hydrogens (tertiary/aromatic N) is 3. The van der Waals surface area contributed by atoms with Gasteiger partial charge in [-0.2, -0.15) is 0 Å². The molecule has 5 nitrogen and oxygen atoms in total. The average Bonchev–Trinajstić information content (AvgIpc) is 3.04. The van der Waals surface area contributed by atoms with E-state index in [1.165, 1.54) is 12.2 Å². The van der Waals surface area contributed by atoms with Crippen molar-refractivity contribution in [2.24, 2.45) is 11.8 Å². The van der Waals surface area contributed by atoms with Gasteiger partial charge in [-0.05, 0) is 38.8 Å². The van der Waals surface area contributed by atoms with Crippen LogP contribution in [0.5, 0.6) is 0 Å². The number of carbonyl (C=O) groups excluding carboxylic acids is 1. The van der Waals surface area contributed by atoms with Crippen LogP contribution in [0, 0.1) is 11.8 Å². The molecule has 2 unspecified atom stereocenters. The first-order valence-electron chi connectivity index (χ1n) is 7.57. The molecule has 0 aromatic carbocycles. The molecule has 0 aliphatic carbocycles. The minimum Gasteiger partial charge on any atom is -0.465 e. The van der Waals surface area contributed by atoms with Gasteiger partial charge >= 0.3 is 5.97 Å². The van der Waals surface area contributed by atoms with Crippen molar-refractivity contribution in [3.05, 3.63) is 18.2 Å². The summed E-state index contributed by atoms with van der Waals surface area (Å²) < 4.78 is 7.28. The highest BCUT2D eigenvalue weighted by atomic mass is 16.5. The maximum Gasteiger partial charge on any atom is 0.309 e. The predicted molar refractivity (Wildman–Crippen MR) is 75.2 cm³/mol. The third kappa shape index (κ3) is 3.03. The SMILES string of the molecule is CN(CCC1CCOC1=O)CC1CCc2nccn2C1. The fourth-order valence-electron chi connectivity index (χ4n) is 3.29. The van der Waals surface area contributed by atoms with Gasteiger partial charge in [0.25, 0.3) is 0 Å². The van der Waals surface area contributed by atoms with E-state index in [1.54, 1.807) is 0 Å². The molecule has 110 valence electrons. The van der Waals surface area contributed by atoms with E-state index in [4.69, 9.17) is 4.74 Å². The van der Waals surface area contributed by atoms with Crippen molar-refractivity contribution in [1.29, 1.82) is 0 Å². The number of aromatic nitrogens is 2. The molecular weight excluding hydrogens is 254 g/mol. The van der Waals surface area contributed by atoms with Gasteiger partial charge in [-0.15, -0.1) is 0 Å². The lowest BCUT2D eigenvalue weighted by Gasteiger charge is -2.28. The second kappa shape index (κ2) is 5.95. The molecule has 0 bridgehead atoms. The summed E-state index contributed by atoms with van der Waals surface area (Å²) in [7, 11) is 2.16. The van der Waals surface area contributed by atoms with Crippen LogP contribution in [0.15, 0.2) is 12.4 Å². The zero-order valence-corrected chi connectivity index (χ0v) is 12.1. The number of hydrogen-bond donors (Lipinski definition) is 0. The van der Waals surface area contributed by atoms with Crippen LogP contribution in [0.1, 0.15) is 25.1 Å². The molecule has 3 rings (SSSR count). The predicted octanol–water partition coefficient (Wildman–Crippen LogP) is 1.33. The number of carbonyl (C=O) groups is 1. The first-order chi connectivity index (χ1) is 9.72. The lowest BCUT2D eigenvalue weighted by atomic mass is 9.98. The Morgan fingerprint density at radius 3 is 3.20 bits per heavy atom. The van der Waals surface area contributed by atoms with Gasteiger partial charge in [0.2, 0.25) is 0 Å². The summed E-state index contributed by atoms with van der Waals surface area (Å²) in [5.41, 5.74) is 0. The third-order valence-electron chi connectivity index (χ3n) is 4.51. The lowest BCUT2D eigenvalue weighted by molar-refractivity contribution is -0.141. The fraction of sp³-hybridized carbons (Fsp3) is 0.733. The van der Waals surface area contributed by atoms with E-state index in [2.05, 4.69) is 27.7 Å². The van der Waals surface area contributed by atoms with Gasteiger partial charge in [-0.3, -0.25) is 4.79 Å². The standard InChI is InChI=1S/C15H23N3O2/c1-17(7-4-13-5-9-20-15(13)19)10-12-2-3-14-16-6-8-18(14)11-12/h6,8,12-13H,2-5,7,9-11H2,1H3. The summed E-state index contributed by atoms with van der Waals surface area (Å²) in [5.74, 6) is 2.04. The molecule has 2 aliphatic heterocycles. The monoisotopic (exact) mass is 277 g/mol. The molecule has 2 atom stereocenters. The van der Waals surface area contributed by atoms with E-state index in [0.717, 1.165) is 38.9 Å². The molecule has 1 aromatic rings. The summed E-state index contributed by atoms with van der Waals surface area (Å²) >= 11 is 0. The minimum absolute atomic E-state index is 0.000811. The molecule has 3 heterocycles. The number of esters is 1. The van der Waals surface area contributed by atoms with Gasteiger partial charge in [0.05, 0.1) is 12.5 Å². The largest absolute Gasteiger partial charge is 0.465 e. The van der Waals surface area contributed by atoms with E-state index in [-0.39, 0.29) is 11.9 Å². The fourth-order valence-corrected chi connectivity index (χ4v) is 3.29.